The van der Waals surface area contributed by atoms with Crippen molar-refractivity contribution in [2.75, 3.05) is 13.4 Å². The molecule has 0 saturated carbocycles. The third-order valence-corrected chi connectivity index (χ3v) is 8.16. The second-order valence-corrected chi connectivity index (χ2v) is 13.7. The molecule has 0 aliphatic rings. The molecule has 0 aromatic heterocycles. The fourth-order valence-corrected chi connectivity index (χ4v) is 5.73. The first-order valence-corrected chi connectivity index (χ1v) is 16.1. The van der Waals surface area contributed by atoms with Gasteiger partial charge in [-0.3, -0.25) is 13.7 Å². The van der Waals surface area contributed by atoms with Gasteiger partial charge in [-0.05, 0) is 67.1 Å². The Kier molecular flexibility index (Phi) is 9.31. The molecule has 0 bridgehead atoms. The maximum atomic E-state index is 13.0. The Morgan fingerprint density at radius 1 is 0.632 bits per heavy atom. The van der Waals surface area contributed by atoms with Crippen LogP contribution in [0.2, 0.25) is 0 Å². The summed E-state index contributed by atoms with van der Waals surface area (Å²) in [5.74, 6) is 0.359. The molecule has 0 spiro atoms. The summed E-state index contributed by atoms with van der Waals surface area (Å²) < 4.78 is 128. The summed E-state index contributed by atoms with van der Waals surface area (Å²) in [6.07, 6.45) is 0.715. The number of ether oxygens (including phenoxy) is 2. The van der Waals surface area contributed by atoms with Crippen LogP contribution in [0, 0.1) is 6.92 Å². The molecule has 0 aliphatic carbocycles. The minimum Gasteiger partial charge on any atom is -0.497 e. The lowest BCUT2D eigenvalue weighted by Gasteiger charge is -2.13. The highest BCUT2D eigenvalue weighted by atomic mass is 32.2. The fraction of sp³-hybridized carbons (Fsp3) is 0.143. The first-order chi connectivity index (χ1) is 17.2. The highest BCUT2D eigenvalue weighted by Crippen LogP contribution is 2.34. The summed E-state index contributed by atoms with van der Waals surface area (Å²) in [4.78, 5) is -2.49. The molecule has 0 fully saturated rings. The van der Waals surface area contributed by atoms with Crippen molar-refractivity contribution >= 4 is 40.2 Å². The number of hydrogen-bond acceptors (Lipinski definition) is 10. The van der Waals surface area contributed by atoms with Crippen molar-refractivity contribution in [2.24, 2.45) is 0 Å². The van der Waals surface area contributed by atoms with Crippen LogP contribution < -0.4 is 9.47 Å². The molecule has 17 heteroatoms. The number of sulfone groups is 1. The quantitative estimate of drug-likeness (QED) is 0.328. The average Bonchev–Trinajstić information content (AvgIpc) is 2.77. The molecule has 0 aliphatic heterocycles. The minimum atomic E-state index is -4.92. The van der Waals surface area contributed by atoms with Gasteiger partial charge in [-0.15, -0.1) is 0 Å². The van der Waals surface area contributed by atoms with Crippen LogP contribution in [0.15, 0.2) is 80.2 Å². The van der Waals surface area contributed by atoms with E-state index in [1.54, 1.807) is 12.1 Å². The molecule has 38 heavy (non-hydrogen) atoms. The average molecular weight is 611 g/mol. The zero-order chi connectivity index (χ0) is 29.1. The van der Waals surface area contributed by atoms with Gasteiger partial charge >= 0.3 is 0 Å². The maximum absolute atomic E-state index is 13.0. The zero-order valence-electron chi connectivity index (χ0n) is 19.8. The van der Waals surface area contributed by atoms with Crippen molar-refractivity contribution < 1.29 is 56.8 Å². The Bertz CT molecular complexity index is 1750. The molecular weight excluding hydrogens is 588 g/mol. The summed E-state index contributed by atoms with van der Waals surface area (Å²) in [5, 5.41) is 0. The second kappa shape index (κ2) is 11.4. The Hall–Kier alpha value is -3.06. The third kappa shape index (κ3) is 8.48. The molecule has 3 aromatic carbocycles. The van der Waals surface area contributed by atoms with E-state index in [2.05, 4.69) is 0 Å². The smallest absolute Gasteiger partial charge is 0.298 e. The van der Waals surface area contributed by atoms with Crippen LogP contribution in [0.25, 0.3) is 0 Å². The lowest BCUT2D eigenvalue weighted by molar-refractivity contribution is 0.412. The van der Waals surface area contributed by atoms with Gasteiger partial charge < -0.3 is 9.47 Å². The van der Waals surface area contributed by atoms with Gasteiger partial charge in [-0.2, -0.15) is 25.3 Å². The van der Waals surface area contributed by atoms with E-state index in [0.29, 0.717) is 18.1 Å². The van der Waals surface area contributed by atoms with Crippen LogP contribution >= 0.6 is 0 Å². The molecule has 0 unspecified atom stereocenters. The van der Waals surface area contributed by atoms with Crippen LogP contribution in [0.1, 0.15) is 5.56 Å². The van der Waals surface area contributed by atoms with E-state index in [0.717, 1.165) is 24.3 Å². The molecule has 13 nitrogen and oxygen atoms in total. The standard InChI is InChI=1S/C20H18O10S3.CH4O3S/c1-13-3-8-16(11-19(13)32(23,24)25)31(21,22)17-9-10-18(20(12-17)33(26,27)28)30-15-6-4-14(29-2)5-7-15;1-5(2,3)4/h3-12H,1-2H3,(H,23,24,25)(H,26,27,28);1H3,(H,2,3,4). The van der Waals surface area contributed by atoms with Crippen molar-refractivity contribution in [3.05, 3.63) is 66.2 Å². The van der Waals surface area contributed by atoms with Crippen LogP contribution in [0.5, 0.6) is 17.2 Å². The first kappa shape index (κ1) is 31.2. The molecule has 0 heterocycles. The molecule has 0 amide bonds. The number of hydrogen-bond donors (Lipinski definition) is 3. The van der Waals surface area contributed by atoms with Crippen molar-refractivity contribution in [1.29, 1.82) is 0 Å². The first-order valence-electron chi connectivity index (χ1n) is 9.92. The topological polar surface area (TPSA) is 216 Å². The predicted molar refractivity (Wildman–Crippen MR) is 133 cm³/mol. The van der Waals surface area contributed by atoms with Crippen molar-refractivity contribution in [1.82, 2.24) is 0 Å². The molecule has 0 atom stereocenters. The van der Waals surface area contributed by atoms with Gasteiger partial charge in [0.1, 0.15) is 22.1 Å². The van der Waals surface area contributed by atoms with Crippen LogP contribution in [-0.2, 0) is 40.2 Å². The SMILES string of the molecule is COc1ccc(Oc2ccc(S(=O)(=O)c3ccc(C)c(S(=O)(=O)O)c3)cc2S(=O)(=O)O)cc1.CS(=O)(=O)O. The van der Waals surface area contributed by atoms with Gasteiger partial charge in [-0.25, -0.2) is 8.42 Å². The lowest BCUT2D eigenvalue weighted by Crippen LogP contribution is -2.08. The molecule has 3 aromatic rings. The highest BCUT2D eigenvalue weighted by Gasteiger charge is 2.26. The summed E-state index contributed by atoms with van der Waals surface area (Å²) in [6, 6.07) is 11.9. The van der Waals surface area contributed by atoms with E-state index in [1.807, 2.05) is 0 Å². The van der Waals surface area contributed by atoms with Gasteiger partial charge in [0.05, 0.1) is 28.1 Å². The summed E-state index contributed by atoms with van der Waals surface area (Å²) in [6.45, 7) is 1.36. The van der Waals surface area contributed by atoms with Crippen LogP contribution in [-0.4, -0.2) is 60.7 Å². The second-order valence-electron chi connectivity index (χ2n) is 7.50. The zero-order valence-corrected chi connectivity index (χ0v) is 23.1. The van der Waals surface area contributed by atoms with Gasteiger partial charge in [-0.1, -0.05) is 6.07 Å². The van der Waals surface area contributed by atoms with E-state index in [-0.39, 0.29) is 17.1 Å². The van der Waals surface area contributed by atoms with Crippen LogP contribution in [0.4, 0.5) is 0 Å². The lowest BCUT2D eigenvalue weighted by atomic mass is 10.2. The number of aryl methyl sites for hydroxylation is 1. The van der Waals surface area contributed by atoms with Crippen molar-refractivity contribution in [3.63, 3.8) is 0 Å². The predicted octanol–water partition coefficient (Wildman–Crippen LogP) is 2.63. The number of methoxy groups -OCH3 is 1. The van der Waals surface area contributed by atoms with E-state index in [1.165, 1.54) is 32.2 Å². The Labute approximate surface area is 219 Å². The third-order valence-electron chi connectivity index (χ3n) is 4.54. The van der Waals surface area contributed by atoms with Crippen molar-refractivity contribution in [3.8, 4) is 17.2 Å². The van der Waals surface area contributed by atoms with Gasteiger partial charge in [0.25, 0.3) is 30.4 Å². The minimum absolute atomic E-state index is 0.110. The molecule has 0 saturated heterocycles. The molecule has 208 valence electrons. The van der Waals surface area contributed by atoms with Crippen LogP contribution in [0.3, 0.4) is 0 Å². The maximum Gasteiger partial charge on any atom is 0.298 e. The molecule has 0 radical (unpaired) electrons. The van der Waals surface area contributed by atoms with Crippen molar-refractivity contribution in [2.45, 2.75) is 26.5 Å². The molecule has 3 N–H and O–H groups in total. The van der Waals surface area contributed by atoms with Gasteiger partial charge in [0.15, 0.2) is 0 Å². The van der Waals surface area contributed by atoms with E-state index >= 15 is 0 Å². The largest absolute Gasteiger partial charge is 0.497 e. The molecule has 3 rings (SSSR count). The monoisotopic (exact) mass is 610 g/mol. The summed E-state index contributed by atoms with van der Waals surface area (Å²) >= 11 is 0. The fourth-order valence-electron chi connectivity index (χ4n) is 2.87. The Morgan fingerprint density at radius 3 is 1.50 bits per heavy atom. The molecular formula is C21H22O13S4. The normalized spacial score (nSPS) is 12.3. The highest BCUT2D eigenvalue weighted by molar-refractivity contribution is 7.91. The van der Waals surface area contributed by atoms with E-state index in [4.69, 9.17) is 14.0 Å². The summed E-state index contributed by atoms with van der Waals surface area (Å²) in [7, 11) is -16.3. The van der Waals surface area contributed by atoms with E-state index in [9.17, 15) is 42.8 Å². The Balaban J connectivity index is 0.000000926. The summed E-state index contributed by atoms with van der Waals surface area (Å²) in [5.41, 5.74) is 0.110. The Morgan fingerprint density at radius 2 is 1.05 bits per heavy atom. The van der Waals surface area contributed by atoms with Gasteiger partial charge in [0.2, 0.25) is 9.84 Å². The van der Waals surface area contributed by atoms with E-state index < -0.39 is 59.8 Å². The van der Waals surface area contributed by atoms with Gasteiger partial charge in [0, 0.05) is 0 Å². The number of benzene rings is 3. The number of rotatable bonds is 7.